The lowest BCUT2D eigenvalue weighted by Crippen LogP contribution is -2.41. The molecule has 0 fully saturated rings. The van der Waals surface area contributed by atoms with E-state index in [1.165, 1.54) is 0 Å². The SMILES string of the molecule is CCC(=O)CC[C@@H](NC(=O)c1ccc(C(F)(F)F)cc1)C(=O)OC. The van der Waals surface area contributed by atoms with Crippen molar-refractivity contribution < 1.29 is 32.3 Å². The van der Waals surface area contributed by atoms with Crippen LogP contribution < -0.4 is 5.32 Å². The summed E-state index contributed by atoms with van der Waals surface area (Å²) in [5.74, 6) is -1.52. The molecule has 1 aromatic carbocycles. The fraction of sp³-hybridized carbons (Fsp3) is 0.438. The maximum atomic E-state index is 12.5. The number of nitrogens with one attached hydrogen (secondary N) is 1. The molecule has 0 radical (unpaired) electrons. The van der Waals surface area contributed by atoms with E-state index in [1.54, 1.807) is 6.92 Å². The van der Waals surface area contributed by atoms with Crippen molar-refractivity contribution in [2.24, 2.45) is 0 Å². The molecule has 24 heavy (non-hydrogen) atoms. The molecule has 0 aliphatic heterocycles. The van der Waals surface area contributed by atoms with Crippen LogP contribution in [-0.2, 0) is 20.5 Å². The van der Waals surface area contributed by atoms with Crippen LogP contribution in [0.3, 0.4) is 0 Å². The van der Waals surface area contributed by atoms with Gasteiger partial charge in [-0.15, -0.1) is 0 Å². The van der Waals surface area contributed by atoms with Gasteiger partial charge in [-0.3, -0.25) is 9.59 Å². The number of esters is 1. The van der Waals surface area contributed by atoms with Crippen LogP contribution in [-0.4, -0.2) is 30.8 Å². The zero-order valence-corrected chi connectivity index (χ0v) is 13.3. The van der Waals surface area contributed by atoms with Crippen LogP contribution in [0, 0.1) is 0 Å². The number of amides is 1. The third-order valence-corrected chi connectivity index (χ3v) is 3.37. The number of benzene rings is 1. The minimum Gasteiger partial charge on any atom is -0.467 e. The van der Waals surface area contributed by atoms with Crippen molar-refractivity contribution in [3.63, 3.8) is 0 Å². The Balaban J connectivity index is 2.80. The van der Waals surface area contributed by atoms with E-state index in [-0.39, 0.29) is 24.2 Å². The predicted molar refractivity (Wildman–Crippen MR) is 79.2 cm³/mol. The van der Waals surface area contributed by atoms with Crippen LogP contribution in [0.5, 0.6) is 0 Å². The Morgan fingerprint density at radius 3 is 2.21 bits per heavy atom. The van der Waals surface area contributed by atoms with E-state index < -0.39 is 29.7 Å². The smallest absolute Gasteiger partial charge is 0.416 e. The number of carbonyl (C=O) groups is 3. The second-order valence-corrected chi connectivity index (χ2v) is 5.06. The number of ether oxygens (including phenoxy) is 1. The summed E-state index contributed by atoms with van der Waals surface area (Å²) in [6, 6.07) is 2.55. The van der Waals surface area contributed by atoms with E-state index in [0.29, 0.717) is 6.42 Å². The minimum absolute atomic E-state index is 0.0290. The van der Waals surface area contributed by atoms with Crippen molar-refractivity contribution in [1.29, 1.82) is 0 Å². The highest BCUT2D eigenvalue weighted by molar-refractivity contribution is 5.97. The largest absolute Gasteiger partial charge is 0.467 e. The fourth-order valence-electron chi connectivity index (χ4n) is 1.93. The Hall–Kier alpha value is -2.38. The molecule has 1 amide bonds. The van der Waals surface area contributed by atoms with Gasteiger partial charge in [0.2, 0.25) is 0 Å². The molecule has 0 heterocycles. The number of ketones is 1. The molecule has 8 heteroatoms. The van der Waals surface area contributed by atoms with Crippen LogP contribution >= 0.6 is 0 Å². The summed E-state index contributed by atoms with van der Waals surface area (Å²) in [7, 11) is 1.14. The molecule has 1 aromatic rings. The molecule has 0 aliphatic carbocycles. The third kappa shape index (κ3) is 5.68. The van der Waals surface area contributed by atoms with Crippen LogP contribution in [0.15, 0.2) is 24.3 Å². The molecular formula is C16H18F3NO4. The van der Waals surface area contributed by atoms with Gasteiger partial charge in [0.1, 0.15) is 11.8 Å². The molecule has 1 N–H and O–H groups in total. The van der Waals surface area contributed by atoms with E-state index in [2.05, 4.69) is 10.1 Å². The predicted octanol–water partition coefficient (Wildman–Crippen LogP) is 2.74. The highest BCUT2D eigenvalue weighted by Gasteiger charge is 2.30. The summed E-state index contributed by atoms with van der Waals surface area (Å²) in [5.41, 5.74) is -0.907. The Bertz CT molecular complexity index is 596. The lowest BCUT2D eigenvalue weighted by Gasteiger charge is -2.16. The second-order valence-electron chi connectivity index (χ2n) is 5.06. The zero-order valence-electron chi connectivity index (χ0n) is 13.3. The van der Waals surface area contributed by atoms with E-state index in [1.807, 2.05) is 0 Å². The molecule has 0 aromatic heterocycles. The maximum Gasteiger partial charge on any atom is 0.416 e. The van der Waals surface area contributed by atoms with Gasteiger partial charge in [0, 0.05) is 18.4 Å². The van der Waals surface area contributed by atoms with E-state index >= 15 is 0 Å². The zero-order chi connectivity index (χ0) is 18.3. The average molecular weight is 345 g/mol. The van der Waals surface area contributed by atoms with E-state index in [9.17, 15) is 27.6 Å². The van der Waals surface area contributed by atoms with Gasteiger partial charge in [0.25, 0.3) is 5.91 Å². The first kappa shape index (κ1) is 19.7. The summed E-state index contributed by atoms with van der Waals surface area (Å²) < 4.78 is 42.1. The topological polar surface area (TPSA) is 72.5 Å². The summed E-state index contributed by atoms with van der Waals surface area (Å²) >= 11 is 0. The van der Waals surface area contributed by atoms with E-state index in [4.69, 9.17) is 0 Å². The number of methoxy groups -OCH3 is 1. The van der Waals surface area contributed by atoms with Crippen LogP contribution in [0.25, 0.3) is 0 Å². The average Bonchev–Trinajstić information content (AvgIpc) is 2.56. The van der Waals surface area contributed by atoms with Crippen molar-refractivity contribution in [1.82, 2.24) is 5.32 Å². The number of carbonyl (C=O) groups excluding carboxylic acids is 3. The van der Waals surface area contributed by atoms with Gasteiger partial charge >= 0.3 is 12.1 Å². The number of hydrogen-bond donors (Lipinski definition) is 1. The number of rotatable bonds is 7. The molecule has 5 nitrogen and oxygen atoms in total. The Morgan fingerprint density at radius 2 is 1.75 bits per heavy atom. The van der Waals surface area contributed by atoms with Gasteiger partial charge in [-0.1, -0.05) is 6.92 Å². The number of halogens is 3. The van der Waals surface area contributed by atoms with Gasteiger partial charge in [0.05, 0.1) is 12.7 Å². The third-order valence-electron chi connectivity index (χ3n) is 3.37. The molecule has 0 saturated heterocycles. The van der Waals surface area contributed by atoms with Crippen LogP contribution in [0.2, 0.25) is 0 Å². The van der Waals surface area contributed by atoms with Gasteiger partial charge in [-0.2, -0.15) is 13.2 Å². The first-order chi connectivity index (χ1) is 11.2. The highest BCUT2D eigenvalue weighted by atomic mass is 19.4. The van der Waals surface area contributed by atoms with Gasteiger partial charge in [-0.05, 0) is 30.7 Å². The van der Waals surface area contributed by atoms with Gasteiger partial charge < -0.3 is 10.1 Å². The number of alkyl halides is 3. The lowest BCUT2D eigenvalue weighted by atomic mass is 10.1. The minimum atomic E-state index is -4.50. The van der Waals surface area contributed by atoms with Crippen molar-refractivity contribution in [2.75, 3.05) is 7.11 Å². The second kappa shape index (κ2) is 8.47. The Kier molecular flexibility index (Phi) is 6.94. The van der Waals surface area contributed by atoms with E-state index in [0.717, 1.165) is 31.4 Å². The molecule has 132 valence electrons. The summed E-state index contributed by atoms with van der Waals surface area (Å²) in [4.78, 5) is 35.1. The maximum absolute atomic E-state index is 12.5. The molecule has 0 unspecified atom stereocenters. The Labute approximate surface area is 137 Å². The van der Waals surface area contributed by atoms with Gasteiger partial charge in [-0.25, -0.2) is 4.79 Å². The summed E-state index contributed by atoms with van der Waals surface area (Å²) in [6.07, 6.45) is -4.04. The molecule has 0 aliphatic rings. The molecular weight excluding hydrogens is 327 g/mol. The first-order valence-corrected chi connectivity index (χ1v) is 7.26. The summed E-state index contributed by atoms with van der Waals surface area (Å²) in [5, 5.41) is 2.37. The van der Waals surface area contributed by atoms with Crippen molar-refractivity contribution in [3.8, 4) is 0 Å². The van der Waals surface area contributed by atoms with Gasteiger partial charge in [0.15, 0.2) is 0 Å². The fourth-order valence-corrected chi connectivity index (χ4v) is 1.93. The van der Waals surface area contributed by atoms with Crippen LogP contribution in [0.4, 0.5) is 13.2 Å². The molecule has 1 atom stereocenters. The standard InChI is InChI=1S/C16H18F3NO4/c1-3-12(21)8-9-13(15(23)24-2)20-14(22)10-4-6-11(7-5-10)16(17,18)19/h4-7,13H,3,8-9H2,1-2H3,(H,20,22)/t13-/m1/s1. The monoisotopic (exact) mass is 345 g/mol. The molecule has 1 rings (SSSR count). The number of hydrogen-bond acceptors (Lipinski definition) is 4. The lowest BCUT2D eigenvalue weighted by molar-refractivity contribution is -0.143. The first-order valence-electron chi connectivity index (χ1n) is 7.26. The van der Waals surface area contributed by atoms with Crippen molar-refractivity contribution in [3.05, 3.63) is 35.4 Å². The molecule has 0 saturated carbocycles. The molecule has 0 spiro atoms. The quantitative estimate of drug-likeness (QED) is 0.771. The van der Waals surface area contributed by atoms with Crippen molar-refractivity contribution in [2.45, 2.75) is 38.4 Å². The normalized spacial score (nSPS) is 12.4. The van der Waals surface area contributed by atoms with Crippen LogP contribution in [0.1, 0.15) is 42.1 Å². The highest BCUT2D eigenvalue weighted by Crippen LogP contribution is 2.29. The van der Waals surface area contributed by atoms with Crippen molar-refractivity contribution >= 4 is 17.7 Å². The Morgan fingerprint density at radius 1 is 1.17 bits per heavy atom. The molecule has 0 bridgehead atoms. The number of Topliss-reactive ketones (excluding diaryl/α,β-unsaturated/α-hetero) is 1. The summed E-state index contributed by atoms with van der Waals surface area (Å²) in [6.45, 7) is 1.68.